The summed E-state index contributed by atoms with van der Waals surface area (Å²) in [6.45, 7) is 5.30. The zero-order valence-corrected chi connectivity index (χ0v) is 17.0. The van der Waals surface area contributed by atoms with Gasteiger partial charge < -0.3 is 9.47 Å². The van der Waals surface area contributed by atoms with E-state index < -0.39 is 17.9 Å². The van der Waals surface area contributed by atoms with E-state index in [4.69, 9.17) is 21.1 Å². The lowest BCUT2D eigenvalue weighted by atomic mass is 10.1. The number of nitrogens with one attached hydrogen (secondary N) is 2. The van der Waals surface area contributed by atoms with Crippen LogP contribution in [0.5, 0.6) is 11.5 Å². The highest BCUT2D eigenvalue weighted by molar-refractivity contribution is 6.30. The molecule has 0 aromatic heterocycles. The van der Waals surface area contributed by atoms with Gasteiger partial charge in [0.1, 0.15) is 11.5 Å². The zero-order chi connectivity index (χ0) is 20.7. The summed E-state index contributed by atoms with van der Waals surface area (Å²) in [6.07, 6.45) is 2.12. The third-order valence-electron chi connectivity index (χ3n) is 3.92. The first-order valence-electron chi connectivity index (χ1n) is 8.65. The molecule has 2 aromatic rings. The average molecular weight is 403 g/mol. The molecule has 0 radical (unpaired) electrons. The number of ether oxygens (including phenoxy) is 2. The molecule has 0 saturated carbocycles. The number of rotatable bonds is 6. The summed E-state index contributed by atoms with van der Waals surface area (Å²) in [5.41, 5.74) is 7.13. The Morgan fingerprint density at radius 3 is 2.43 bits per heavy atom. The SMILES string of the molecule is COc1cccc(/C=C/C(=O)NNC(=O)C(C)Oc2c(C)cc(Cl)cc2C)c1. The topological polar surface area (TPSA) is 76.7 Å². The molecule has 0 bridgehead atoms. The van der Waals surface area contributed by atoms with Crippen molar-refractivity contribution in [3.05, 3.63) is 64.2 Å². The van der Waals surface area contributed by atoms with E-state index >= 15 is 0 Å². The fourth-order valence-electron chi connectivity index (χ4n) is 2.50. The fraction of sp³-hybridized carbons (Fsp3) is 0.238. The Kier molecular flexibility index (Phi) is 7.46. The number of halogens is 1. The van der Waals surface area contributed by atoms with Gasteiger partial charge in [0.15, 0.2) is 6.10 Å². The van der Waals surface area contributed by atoms with Crippen LogP contribution < -0.4 is 20.3 Å². The summed E-state index contributed by atoms with van der Waals surface area (Å²) in [5.74, 6) is 0.338. The van der Waals surface area contributed by atoms with Crippen LogP contribution >= 0.6 is 11.6 Å². The normalized spacial score (nSPS) is 11.8. The van der Waals surface area contributed by atoms with Gasteiger partial charge in [-0.05, 0) is 67.8 Å². The summed E-state index contributed by atoms with van der Waals surface area (Å²) in [4.78, 5) is 24.1. The van der Waals surface area contributed by atoms with E-state index in [9.17, 15) is 9.59 Å². The van der Waals surface area contributed by atoms with Crippen LogP contribution in [0.2, 0.25) is 5.02 Å². The molecule has 2 amide bonds. The summed E-state index contributed by atoms with van der Waals surface area (Å²) in [5, 5.41) is 0.606. The Bertz CT molecular complexity index is 873. The molecule has 1 atom stereocenters. The van der Waals surface area contributed by atoms with Crippen molar-refractivity contribution in [2.75, 3.05) is 7.11 Å². The van der Waals surface area contributed by atoms with E-state index in [1.165, 1.54) is 6.08 Å². The van der Waals surface area contributed by atoms with Crippen LogP contribution in [0, 0.1) is 13.8 Å². The average Bonchev–Trinajstić information content (AvgIpc) is 2.67. The molecule has 2 aromatic carbocycles. The molecular weight excluding hydrogens is 380 g/mol. The van der Waals surface area contributed by atoms with Gasteiger partial charge in [0.2, 0.25) is 0 Å². The van der Waals surface area contributed by atoms with Crippen molar-refractivity contribution in [1.29, 1.82) is 0 Å². The molecule has 2 N–H and O–H groups in total. The van der Waals surface area contributed by atoms with Gasteiger partial charge in [-0.1, -0.05) is 23.7 Å². The van der Waals surface area contributed by atoms with Crippen LogP contribution in [0.3, 0.4) is 0 Å². The highest BCUT2D eigenvalue weighted by atomic mass is 35.5. The molecule has 0 aliphatic carbocycles. The first-order valence-corrected chi connectivity index (χ1v) is 9.03. The molecule has 1 unspecified atom stereocenters. The molecule has 0 aliphatic rings. The zero-order valence-electron chi connectivity index (χ0n) is 16.2. The standard InChI is InChI=1S/C21H23ClN2O4/c1-13-10-17(22)11-14(2)20(13)28-15(3)21(26)24-23-19(25)9-8-16-6-5-7-18(12-16)27-4/h5-12,15H,1-4H3,(H,23,25)(H,24,26)/b9-8+. The van der Waals surface area contributed by atoms with Gasteiger partial charge in [-0.15, -0.1) is 0 Å². The van der Waals surface area contributed by atoms with Crippen molar-refractivity contribution in [2.45, 2.75) is 26.9 Å². The predicted octanol–water partition coefficient (Wildman–Crippen LogP) is 3.59. The summed E-state index contributed by atoms with van der Waals surface area (Å²) >= 11 is 6.00. The van der Waals surface area contributed by atoms with E-state index in [0.717, 1.165) is 16.7 Å². The van der Waals surface area contributed by atoms with E-state index in [0.29, 0.717) is 16.5 Å². The Morgan fingerprint density at radius 1 is 1.11 bits per heavy atom. The van der Waals surface area contributed by atoms with Gasteiger partial charge in [-0.25, -0.2) is 0 Å². The Morgan fingerprint density at radius 2 is 1.79 bits per heavy atom. The van der Waals surface area contributed by atoms with E-state index in [2.05, 4.69) is 10.9 Å². The fourth-order valence-corrected chi connectivity index (χ4v) is 2.82. The number of hydrogen-bond acceptors (Lipinski definition) is 4. The first-order chi connectivity index (χ1) is 13.3. The number of carbonyl (C=O) groups excluding carboxylic acids is 2. The third-order valence-corrected chi connectivity index (χ3v) is 4.14. The second-order valence-electron chi connectivity index (χ2n) is 6.22. The van der Waals surface area contributed by atoms with Crippen molar-refractivity contribution in [3.63, 3.8) is 0 Å². The Labute approximate surface area is 169 Å². The van der Waals surface area contributed by atoms with Crippen LogP contribution in [0.25, 0.3) is 6.08 Å². The minimum atomic E-state index is -0.804. The van der Waals surface area contributed by atoms with Crippen molar-refractivity contribution < 1.29 is 19.1 Å². The maximum absolute atomic E-state index is 12.2. The lowest BCUT2D eigenvalue weighted by Gasteiger charge is -2.18. The van der Waals surface area contributed by atoms with Gasteiger partial charge >= 0.3 is 0 Å². The van der Waals surface area contributed by atoms with Gasteiger partial charge in [0.05, 0.1) is 7.11 Å². The second kappa shape index (κ2) is 9.80. The second-order valence-corrected chi connectivity index (χ2v) is 6.65. The van der Waals surface area contributed by atoms with Gasteiger partial charge in [0.25, 0.3) is 11.8 Å². The minimum absolute atomic E-state index is 0.470. The molecule has 0 fully saturated rings. The third kappa shape index (κ3) is 6.03. The molecule has 7 heteroatoms. The molecule has 148 valence electrons. The summed E-state index contributed by atoms with van der Waals surface area (Å²) in [6, 6.07) is 10.8. The van der Waals surface area contributed by atoms with Crippen LogP contribution in [0.1, 0.15) is 23.6 Å². The number of hydrazine groups is 1. The maximum atomic E-state index is 12.2. The lowest BCUT2D eigenvalue weighted by Crippen LogP contribution is -2.46. The predicted molar refractivity (Wildman–Crippen MR) is 109 cm³/mol. The number of hydrogen-bond donors (Lipinski definition) is 2. The summed E-state index contributed by atoms with van der Waals surface area (Å²) < 4.78 is 10.9. The number of carbonyl (C=O) groups is 2. The first kappa shape index (κ1) is 21.3. The summed E-state index contributed by atoms with van der Waals surface area (Å²) in [7, 11) is 1.57. The van der Waals surface area contributed by atoms with Crippen LogP contribution in [0.15, 0.2) is 42.5 Å². The van der Waals surface area contributed by atoms with Gasteiger partial charge in [-0.2, -0.15) is 0 Å². The number of methoxy groups -OCH3 is 1. The molecule has 0 spiro atoms. The monoisotopic (exact) mass is 402 g/mol. The largest absolute Gasteiger partial charge is 0.497 e. The number of benzene rings is 2. The molecule has 2 rings (SSSR count). The molecule has 28 heavy (non-hydrogen) atoms. The number of aryl methyl sites for hydroxylation is 2. The van der Waals surface area contributed by atoms with E-state index in [1.54, 1.807) is 38.3 Å². The molecular formula is C21H23ClN2O4. The van der Waals surface area contributed by atoms with Crippen LogP contribution in [0.4, 0.5) is 0 Å². The smallest absolute Gasteiger partial charge is 0.279 e. The van der Waals surface area contributed by atoms with E-state index in [1.807, 2.05) is 32.0 Å². The van der Waals surface area contributed by atoms with Crippen LogP contribution in [-0.4, -0.2) is 25.0 Å². The molecule has 0 heterocycles. The number of amides is 2. The highest BCUT2D eigenvalue weighted by Crippen LogP contribution is 2.27. The van der Waals surface area contributed by atoms with Gasteiger partial charge in [-0.3, -0.25) is 20.4 Å². The van der Waals surface area contributed by atoms with Crippen molar-refractivity contribution in [3.8, 4) is 11.5 Å². The Hall–Kier alpha value is -2.99. The maximum Gasteiger partial charge on any atom is 0.279 e. The van der Waals surface area contributed by atoms with Gasteiger partial charge in [0, 0.05) is 11.1 Å². The highest BCUT2D eigenvalue weighted by Gasteiger charge is 2.17. The molecule has 0 saturated heterocycles. The quantitative estimate of drug-likeness (QED) is 0.571. The molecule has 6 nitrogen and oxygen atoms in total. The van der Waals surface area contributed by atoms with Crippen LogP contribution in [-0.2, 0) is 9.59 Å². The van der Waals surface area contributed by atoms with Crippen molar-refractivity contribution >= 4 is 29.5 Å². The van der Waals surface area contributed by atoms with Crippen molar-refractivity contribution in [1.82, 2.24) is 10.9 Å². The molecule has 0 aliphatic heterocycles. The van der Waals surface area contributed by atoms with E-state index in [-0.39, 0.29) is 0 Å². The Balaban J connectivity index is 1.88. The lowest BCUT2D eigenvalue weighted by molar-refractivity contribution is -0.131. The van der Waals surface area contributed by atoms with Crippen molar-refractivity contribution in [2.24, 2.45) is 0 Å². The minimum Gasteiger partial charge on any atom is -0.497 e.